The van der Waals surface area contributed by atoms with Crippen molar-refractivity contribution in [3.8, 4) is 0 Å². The van der Waals surface area contributed by atoms with Gasteiger partial charge in [-0.05, 0) is 31.5 Å². The van der Waals surface area contributed by atoms with Gasteiger partial charge >= 0.3 is 5.97 Å². The van der Waals surface area contributed by atoms with Gasteiger partial charge in [-0.15, -0.1) is 11.3 Å². The quantitative estimate of drug-likeness (QED) is 0.608. The van der Waals surface area contributed by atoms with Crippen LogP contribution < -0.4 is 5.32 Å². The van der Waals surface area contributed by atoms with E-state index in [0.717, 1.165) is 11.3 Å². The number of ether oxygens (including phenoxy) is 1. The standard InChI is InChI=1S/C22H28N4O6S/c1-5-31-22(30)17-14(2)18(21(29)24(3)4)33-19(17)23-16(27)13-25-8-10-26(11-9-25)20(28)15-7-6-12-32-15/h6-7,12H,5,8-11,13H2,1-4H3,(H,23,27). The van der Waals surface area contributed by atoms with Gasteiger partial charge in [-0.1, -0.05) is 0 Å². The summed E-state index contributed by atoms with van der Waals surface area (Å²) >= 11 is 1.06. The molecule has 3 amide bonds. The van der Waals surface area contributed by atoms with Crippen LogP contribution in [0, 0.1) is 6.92 Å². The van der Waals surface area contributed by atoms with Gasteiger partial charge in [-0.3, -0.25) is 19.3 Å². The molecule has 0 atom stereocenters. The summed E-state index contributed by atoms with van der Waals surface area (Å²) in [6, 6.07) is 3.30. The number of esters is 1. The number of piperazine rings is 1. The highest BCUT2D eigenvalue weighted by atomic mass is 32.1. The Morgan fingerprint density at radius 3 is 2.45 bits per heavy atom. The Hall–Kier alpha value is -3.18. The van der Waals surface area contributed by atoms with Gasteiger partial charge in [0.15, 0.2) is 5.76 Å². The van der Waals surface area contributed by atoms with Crippen LogP contribution in [0.3, 0.4) is 0 Å². The monoisotopic (exact) mass is 476 g/mol. The Labute approximate surface area is 196 Å². The molecule has 0 radical (unpaired) electrons. The number of rotatable bonds is 7. The van der Waals surface area contributed by atoms with E-state index in [0.29, 0.717) is 47.4 Å². The van der Waals surface area contributed by atoms with Crippen molar-refractivity contribution in [3.05, 3.63) is 40.2 Å². The van der Waals surface area contributed by atoms with E-state index in [-0.39, 0.29) is 36.4 Å². The Morgan fingerprint density at radius 1 is 1.18 bits per heavy atom. The molecule has 0 aliphatic carbocycles. The maximum atomic E-state index is 12.8. The summed E-state index contributed by atoms with van der Waals surface area (Å²) in [7, 11) is 3.25. The maximum absolute atomic E-state index is 12.8. The van der Waals surface area contributed by atoms with Crippen LogP contribution in [0.2, 0.25) is 0 Å². The third-order valence-electron chi connectivity index (χ3n) is 5.24. The molecule has 178 valence electrons. The molecule has 11 heteroatoms. The zero-order valence-corrected chi connectivity index (χ0v) is 20.0. The number of carbonyl (C=O) groups is 4. The Bertz CT molecular complexity index is 1020. The van der Waals surface area contributed by atoms with E-state index in [1.807, 2.05) is 4.90 Å². The number of nitrogens with one attached hydrogen (secondary N) is 1. The lowest BCUT2D eigenvalue weighted by Crippen LogP contribution is -2.50. The van der Waals surface area contributed by atoms with Crippen molar-refractivity contribution < 1.29 is 28.3 Å². The first-order valence-corrected chi connectivity index (χ1v) is 11.4. The Morgan fingerprint density at radius 2 is 1.88 bits per heavy atom. The maximum Gasteiger partial charge on any atom is 0.341 e. The molecule has 3 rings (SSSR count). The highest BCUT2D eigenvalue weighted by Crippen LogP contribution is 2.34. The van der Waals surface area contributed by atoms with Gasteiger partial charge in [0.25, 0.3) is 11.8 Å². The molecule has 0 aromatic carbocycles. The molecule has 1 saturated heterocycles. The topological polar surface area (TPSA) is 112 Å². The Kier molecular flexibility index (Phi) is 7.88. The molecule has 33 heavy (non-hydrogen) atoms. The van der Waals surface area contributed by atoms with Crippen LogP contribution in [-0.2, 0) is 9.53 Å². The second-order valence-corrected chi connectivity index (χ2v) is 8.79. The van der Waals surface area contributed by atoms with Crippen molar-refractivity contribution >= 4 is 40.0 Å². The van der Waals surface area contributed by atoms with Crippen LogP contribution >= 0.6 is 11.3 Å². The van der Waals surface area contributed by atoms with Crippen LogP contribution in [0.5, 0.6) is 0 Å². The summed E-state index contributed by atoms with van der Waals surface area (Å²) in [6.45, 7) is 5.64. The lowest BCUT2D eigenvalue weighted by atomic mass is 10.1. The van der Waals surface area contributed by atoms with E-state index in [4.69, 9.17) is 9.15 Å². The highest BCUT2D eigenvalue weighted by Gasteiger charge is 2.29. The number of anilines is 1. The fourth-order valence-electron chi connectivity index (χ4n) is 3.49. The van der Waals surface area contributed by atoms with Crippen molar-refractivity contribution in [1.29, 1.82) is 0 Å². The highest BCUT2D eigenvalue weighted by molar-refractivity contribution is 7.18. The van der Waals surface area contributed by atoms with Crippen molar-refractivity contribution in [2.75, 3.05) is 58.7 Å². The summed E-state index contributed by atoms with van der Waals surface area (Å²) in [5.41, 5.74) is 0.687. The van der Waals surface area contributed by atoms with Crippen molar-refractivity contribution in [2.45, 2.75) is 13.8 Å². The van der Waals surface area contributed by atoms with Crippen molar-refractivity contribution in [1.82, 2.24) is 14.7 Å². The molecule has 0 bridgehead atoms. The molecule has 0 unspecified atom stereocenters. The molecule has 1 aliphatic rings. The van der Waals surface area contributed by atoms with Crippen LogP contribution in [0.15, 0.2) is 22.8 Å². The van der Waals surface area contributed by atoms with Crippen LogP contribution in [-0.4, -0.2) is 91.8 Å². The van der Waals surface area contributed by atoms with Crippen LogP contribution in [0.4, 0.5) is 5.00 Å². The molecular weight excluding hydrogens is 448 g/mol. The zero-order valence-electron chi connectivity index (χ0n) is 19.2. The first-order valence-electron chi connectivity index (χ1n) is 10.6. The summed E-state index contributed by atoms with van der Waals surface area (Å²) in [5.74, 6) is -1.01. The van der Waals surface area contributed by atoms with E-state index in [1.165, 1.54) is 11.2 Å². The lowest BCUT2D eigenvalue weighted by molar-refractivity contribution is -0.117. The third kappa shape index (κ3) is 5.60. The molecule has 1 N–H and O–H groups in total. The molecule has 10 nitrogen and oxygen atoms in total. The minimum absolute atomic E-state index is 0.0962. The molecule has 0 saturated carbocycles. The van der Waals surface area contributed by atoms with Crippen LogP contribution in [0.25, 0.3) is 0 Å². The molecule has 0 spiro atoms. The van der Waals surface area contributed by atoms with Crippen molar-refractivity contribution in [2.24, 2.45) is 0 Å². The first-order chi connectivity index (χ1) is 15.7. The summed E-state index contributed by atoms with van der Waals surface area (Å²) in [5, 5.41) is 3.08. The zero-order chi connectivity index (χ0) is 24.1. The number of furan rings is 1. The Balaban J connectivity index is 1.65. The smallest absolute Gasteiger partial charge is 0.341 e. The van der Waals surface area contributed by atoms with Gasteiger partial charge in [0, 0.05) is 40.3 Å². The third-order valence-corrected chi connectivity index (χ3v) is 6.43. The van der Waals surface area contributed by atoms with E-state index >= 15 is 0 Å². The van der Waals surface area contributed by atoms with Gasteiger partial charge in [0.1, 0.15) is 5.00 Å². The minimum atomic E-state index is -0.579. The molecule has 1 fully saturated rings. The lowest BCUT2D eigenvalue weighted by Gasteiger charge is -2.33. The normalized spacial score (nSPS) is 14.1. The van der Waals surface area contributed by atoms with Gasteiger partial charge in [-0.2, -0.15) is 0 Å². The largest absolute Gasteiger partial charge is 0.462 e. The molecule has 2 aromatic rings. The molecule has 2 aromatic heterocycles. The predicted octanol–water partition coefficient (Wildman–Crippen LogP) is 1.92. The van der Waals surface area contributed by atoms with E-state index < -0.39 is 5.97 Å². The summed E-state index contributed by atoms with van der Waals surface area (Å²) in [4.78, 5) is 55.6. The van der Waals surface area contributed by atoms with E-state index in [9.17, 15) is 19.2 Å². The average Bonchev–Trinajstić information content (AvgIpc) is 3.41. The minimum Gasteiger partial charge on any atom is -0.462 e. The number of hydrogen-bond donors (Lipinski definition) is 1. The number of thiophene rings is 1. The summed E-state index contributed by atoms with van der Waals surface area (Å²) in [6.07, 6.45) is 1.46. The SMILES string of the molecule is CCOC(=O)c1c(NC(=O)CN2CCN(C(=O)c3ccco3)CC2)sc(C(=O)N(C)C)c1C. The average molecular weight is 477 g/mol. The molecule has 3 heterocycles. The number of nitrogens with zero attached hydrogens (tertiary/aromatic N) is 3. The molecule has 1 aliphatic heterocycles. The number of hydrogen-bond acceptors (Lipinski definition) is 8. The van der Waals surface area contributed by atoms with Crippen molar-refractivity contribution in [3.63, 3.8) is 0 Å². The van der Waals surface area contributed by atoms with Gasteiger partial charge in [0.05, 0.1) is 29.9 Å². The fraction of sp³-hybridized carbons (Fsp3) is 0.455. The van der Waals surface area contributed by atoms with E-state index in [2.05, 4.69) is 5.32 Å². The number of carbonyl (C=O) groups excluding carboxylic acids is 4. The number of amides is 3. The van der Waals surface area contributed by atoms with Gasteiger partial charge in [0.2, 0.25) is 5.91 Å². The molecular formula is C22H28N4O6S. The fourth-order valence-corrected chi connectivity index (χ4v) is 4.72. The van der Waals surface area contributed by atoms with Crippen LogP contribution in [0.1, 0.15) is 43.1 Å². The second kappa shape index (κ2) is 10.6. The summed E-state index contributed by atoms with van der Waals surface area (Å²) < 4.78 is 10.3. The first kappa shape index (κ1) is 24.5. The van der Waals surface area contributed by atoms with Gasteiger partial charge in [-0.25, -0.2) is 4.79 Å². The predicted molar refractivity (Wildman–Crippen MR) is 123 cm³/mol. The van der Waals surface area contributed by atoms with Gasteiger partial charge < -0.3 is 24.3 Å². The second-order valence-electron chi connectivity index (χ2n) is 7.77. The van der Waals surface area contributed by atoms with E-state index in [1.54, 1.807) is 45.0 Å².